The molecule has 1 N–H and O–H groups in total. The fourth-order valence-electron chi connectivity index (χ4n) is 1.13. The fraction of sp³-hybridized carbons (Fsp3) is 0.533. The van der Waals surface area contributed by atoms with E-state index in [4.69, 9.17) is 9.47 Å². The van der Waals surface area contributed by atoms with Crippen molar-refractivity contribution in [1.29, 1.82) is 0 Å². The molecule has 1 amide bonds. The van der Waals surface area contributed by atoms with E-state index in [0.29, 0.717) is 13.2 Å². The summed E-state index contributed by atoms with van der Waals surface area (Å²) in [6.45, 7) is 13.8. The van der Waals surface area contributed by atoms with Gasteiger partial charge >= 0.3 is 6.09 Å². The number of nitrogens with one attached hydrogen (secondary N) is 1. The lowest BCUT2D eigenvalue weighted by Gasteiger charge is -2.19. The predicted molar refractivity (Wildman–Crippen MR) is 77.9 cm³/mol. The molecule has 108 valence electrons. The average Bonchev–Trinajstić information content (AvgIpc) is 2.30. The molecule has 4 heteroatoms. The Bertz CT molecular complexity index is 362. The second-order valence-corrected chi connectivity index (χ2v) is 5.06. The summed E-state index contributed by atoms with van der Waals surface area (Å²) in [4.78, 5) is 11.4. The topological polar surface area (TPSA) is 47.6 Å². The first kappa shape index (κ1) is 17.3. The third-order valence-electron chi connectivity index (χ3n) is 2.02. The van der Waals surface area contributed by atoms with Crippen molar-refractivity contribution in [3.63, 3.8) is 0 Å². The van der Waals surface area contributed by atoms with Crippen LogP contribution in [0.25, 0.3) is 0 Å². The highest BCUT2D eigenvalue weighted by atomic mass is 16.6. The maximum atomic E-state index is 11.4. The number of hydrogen-bond acceptors (Lipinski definition) is 3. The summed E-state index contributed by atoms with van der Waals surface area (Å²) in [5.41, 5.74) is 0.539. The molecule has 0 unspecified atom stereocenters. The van der Waals surface area contributed by atoms with Crippen LogP contribution in [0, 0.1) is 0 Å². The summed E-state index contributed by atoms with van der Waals surface area (Å²) < 4.78 is 10.6. The second-order valence-electron chi connectivity index (χ2n) is 5.06. The van der Waals surface area contributed by atoms with E-state index in [0.717, 1.165) is 11.3 Å². The minimum absolute atomic E-state index is 0.389. The van der Waals surface area contributed by atoms with Gasteiger partial charge in [-0.05, 0) is 52.3 Å². The number of carbonyl (C=O) groups is 1. The van der Waals surface area contributed by atoms with Crippen LogP contribution >= 0.6 is 0 Å². The number of carbonyl (C=O) groups excluding carboxylic acids is 1. The molecule has 0 saturated carbocycles. The van der Waals surface area contributed by atoms with Crippen molar-refractivity contribution in [3.8, 4) is 0 Å². The van der Waals surface area contributed by atoms with Crippen LogP contribution in [0.1, 0.15) is 34.6 Å². The maximum absolute atomic E-state index is 11.4. The Morgan fingerprint density at radius 2 is 2.00 bits per heavy atom. The van der Waals surface area contributed by atoms with Gasteiger partial charge in [0.05, 0.1) is 6.54 Å². The van der Waals surface area contributed by atoms with E-state index in [9.17, 15) is 4.79 Å². The molecule has 0 fully saturated rings. The Morgan fingerprint density at radius 3 is 2.47 bits per heavy atom. The normalized spacial score (nSPS) is 12.9. The molecule has 0 spiro atoms. The molecule has 0 aliphatic heterocycles. The van der Waals surface area contributed by atoms with E-state index < -0.39 is 11.7 Å². The molecule has 0 aromatic rings. The summed E-state index contributed by atoms with van der Waals surface area (Å²) in [5, 5.41) is 2.63. The minimum Gasteiger partial charge on any atom is -0.492 e. The van der Waals surface area contributed by atoms with Gasteiger partial charge in [0.15, 0.2) is 0 Å². The third kappa shape index (κ3) is 9.94. The van der Waals surface area contributed by atoms with Crippen molar-refractivity contribution in [2.75, 3.05) is 13.2 Å². The molecule has 0 aromatic carbocycles. The van der Waals surface area contributed by atoms with E-state index in [2.05, 4.69) is 11.9 Å². The molecular weight excluding hydrogens is 242 g/mol. The quantitative estimate of drug-likeness (QED) is 0.455. The SMILES string of the molecule is C=C/C(C)=C\C(=C/C)OCCNC(=O)OC(C)(C)C. The van der Waals surface area contributed by atoms with Gasteiger partial charge in [0.25, 0.3) is 0 Å². The first-order valence-electron chi connectivity index (χ1n) is 6.35. The van der Waals surface area contributed by atoms with Crippen LogP contribution < -0.4 is 5.32 Å². The van der Waals surface area contributed by atoms with Gasteiger partial charge in [-0.3, -0.25) is 0 Å². The van der Waals surface area contributed by atoms with Crippen LogP contribution in [-0.2, 0) is 9.47 Å². The molecule has 0 heterocycles. The van der Waals surface area contributed by atoms with Crippen molar-refractivity contribution >= 4 is 6.09 Å². The van der Waals surface area contributed by atoms with Gasteiger partial charge in [-0.25, -0.2) is 4.79 Å². The van der Waals surface area contributed by atoms with Crippen molar-refractivity contribution < 1.29 is 14.3 Å². The molecule has 0 radical (unpaired) electrons. The molecule has 0 aliphatic rings. The van der Waals surface area contributed by atoms with Crippen LogP contribution in [0.4, 0.5) is 4.79 Å². The number of ether oxygens (including phenoxy) is 2. The van der Waals surface area contributed by atoms with Gasteiger partial charge in [-0.15, -0.1) is 0 Å². The lowest BCUT2D eigenvalue weighted by Crippen LogP contribution is -2.34. The number of amides is 1. The summed E-state index contributed by atoms with van der Waals surface area (Å²) in [7, 11) is 0. The summed E-state index contributed by atoms with van der Waals surface area (Å²) >= 11 is 0. The monoisotopic (exact) mass is 267 g/mol. The zero-order valence-electron chi connectivity index (χ0n) is 12.6. The van der Waals surface area contributed by atoms with E-state index >= 15 is 0 Å². The van der Waals surface area contributed by atoms with Crippen molar-refractivity contribution in [1.82, 2.24) is 5.32 Å². The maximum Gasteiger partial charge on any atom is 0.407 e. The summed E-state index contributed by atoms with van der Waals surface area (Å²) in [6.07, 6.45) is 5.07. The fourth-order valence-corrected chi connectivity index (χ4v) is 1.13. The van der Waals surface area contributed by atoms with Gasteiger partial charge in [0, 0.05) is 0 Å². The van der Waals surface area contributed by atoms with Crippen LogP contribution in [0.5, 0.6) is 0 Å². The number of rotatable bonds is 6. The Hall–Kier alpha value is -1.71. The van der Waals surface area contributed by atoms with Crippen molar-refractivity contribution in [3.05, 3.63) is 36.1 Å². The minimum atomic E-state index is -0.483. The molecule has 0 atom stereocenters. The first-order chi connectivity index (χ1) is 8.78. The van der Waals surface area contributed by atoms with Gasteiger partial charge in [0.1, 0.15) is 18.0 Å². The lowest BCUT2D eigenvalue weighted by molar-refractivity contribution is 0.0514. The molecule has 4 nitrogen and oxygen atoms in total. The first-order valence-corrected chi connectivity index (χ1v) is 6.35. The van der Waals surface area contributed by atoms with Gasteiger partial charge in [-0.2, -0.15) is 0 Å². The molecule has 0 aliphatic carbocycles. The zero-order valence-corrected chi connectivity index (χ0v) is 12.6. The summed E-state index contributed by atoms with van der Waals surface area (Å²) in [5.74, 6) is 0.753. The van der Waals surface area contributed by atoms with E-state index in [1.807, 2.05) is 46.8 Å². The average molecular weight is 267 g/mol. The standard InChI is InChI=1S/C15H25NO3/c1-7-12(3)11-13(8-2)18-10-9-16-14(17)19-15(4,5)6/h7-8,11H,1,9-10H2,2-6H3,(H,16,17)/b12-11-,13-8+. The largest absolute Gasteiger partial charge is 0.492 e. The zero-order chi connectivity index (χ0) is 14.9. The highest BCUT2D eigenvalue weighted by Gasteiger charge is 2.15. The van der Waals surface area contributed by atoms with Crippen LogP contribution in [-0.4, -0.2) is 24.8 Å². The van der Waals surface area contributed by atoms with E-state index in [-0.39, 0.29) is 0 Å². The lowest BCUT2D eigenvalue weighted by atomic mass is 10.2. The highest BCUT2D eigenvalue weighted by Crippen LogP contribution is 2.07. The van der Waals surface area contributed by atoms with E-state index in [1.165, 1.54) is 0 Å². The Balaban J connectivity index is 3.98. The number of alkyl carbamates (subject to hydrolysis) is 1. The molecular formula is C15H25NO3. The Kier molecular flexibility index (Phi) is 7.65. The smallest absolute Gasteiger partial charge is 0.407 e. The van der Waals surface area contributed by atoms with Crippen molar-refractivity contribution in [2.45, 2.75) is 40.2 Å². The van der Waals surface area contributed by atoms with Gasteiger partial charge < -0.3 is 14.8 Å². The second kappa shape index (κ2) is 8.40. The third-order valence-corrected chi connectivity index (χ3v) is 2.02. The predicted octanol–water partition coefficient (Wildman–Crippen LogP) is 3.56. The molecule has 19 heavy (non-hydrogen) atoms. The van der Waals surface area contributed by atoms with Gasteiger partial charge in [0.2, 0.25) is 0 Å². The highest BCUT2D eigenvalue weighted by molar-refractivity contribution is 5.67. The molecule has 0 bridgehead atoms. The van der Waals surface area contributed by atoms with E-state index in [1.54, 1.807) is 6.08 Å². The summed E-state index contributed by atoms with van der Waals surface area (Å²) in [6, 6.07) is 0. The van der Waals surface area contributed by atoms with Crippen LogP contribution in [0.3, 0.4) is 0 Å². The van der Waals surface area contributed by atoms with Gasteiger partial charge in [-0.1, -0.05) is 12.7 Å². The molecule has 0 saturated heterocycles. The van der Waals surface area contributed by atoms with Crippen LogP contribution in [0.2, 0.25) is 0 Å². The van der Waals surface area contributed by atoms with Crippen molar-refractivity contribution in [2.24, 2.45) is 0 Å². The molecule has 0 rings (SSSR count). The van der Waals surface area contributed by atoms with Crippen LogP contribution in [0.15, 0.2) is 36.1 Å². The molecule has 0 aromatic heterocycles. The Morgan fingerprint density at radius 1 is 1.37 bits per heavy atom. The Labute approximate surface area is 116 Å². The number of allylic oxidation sites excluding steroid dienone is 4. The number of hydrogen-bond donors (Lipinski definition) is 1.